The van der Waals surface area contributed by atoms with Crippen LogP contribution in [0.3, 0.4) is 0 Å². The summed E-state index contributed by atoms with van der Waals surface area (Å²) in [5.74, 6) is 0. The largest absolute Gasteiger partial charge is 0.741 e. The molecule has 0 saturated carbocycles. The zero-order valence-electron chi connectivity index (χ0n) is 14.6. The van der Waals surface area contributed by atoms with Crippen LogP contribution in [0.15, 0.2) is 48.5 Å². The van der Waals surface area contributed by atoms with E-state index in [1.807, 2.05) is 0 Å². The minimum Gasteiger partial charge on any atom is -0.741 e. The molecule has 0 aromatic heterocycles. The molecule has 0 atom stereocenters. The minimum absolute atomic E-state index is 1.23. The van der Waals surface area contributed by atoms with Gasteiger partial charge in [0.1, 0.15) is 0 Å². The van der Waals surface area contributed by atoms with Gasteiger partial charge in [-0.1, -0.05) is 0 Å². The zero-order valence-corrected chi connectivity index (χ0v) is 18.5. The normalized spacial score (nSPS) is 28.2. The van der Waals surface area contributed by atoms with Crippen LogP contribution in [0.25, 0.3) is 0 Å². The maximum absolute atomic E-state index is 10.7. The molecule has 0 bridgehead atoms. The summed E-state index contributed by atoms with van der Waals surface area (Å²) in [6, 6.07) is 18.4. The number of quaternary nitrogens is 1. The Labute approximate surface area is 163 Å². The molecular formula is C17H18F3NO3S2Te. The predicted molar refractivity (Wildman–Crippen MR) is 101 cm³/mol. The first kappa shape index (κ1) is 21.0. The summed E-state index contributed by atoms with van der Waals surface area (Å²) in [5, 5.41) is 0. The maximum atomic E-state index is 10.7. The number of rotatable bonds is 1. The van der Waals surface area contributed by atoms with Gasteiger partial charge in [0.15, 0.2) is 10.1 Å². The fraction of sp³-hybridized carbons (Fsp3) is 0.294. The number of benzene rings is 2. The first-order valence-electron chi connectivity index (χ1n) is 7.88. The number of alkyl halides is 3. The van der Waals surface area contributed by atoms with E-state index in [1.54, 1.807) is 18.3 Å². The quantitative estimate of drug-likeness (QED) is 0.321. The second-order valence-electron chi connectivity index (χ2n) is 6.42. The number of hydrogen-bond donors (Lipinski definition) is 0. The Bertz CT molecular complexity index is 930. The Hall–Kier alpha value is -0.760. The molecule has 10 heteroatoms. The summed E-state index contributed by atoms with van der Waals surface area (Å²) < 4.78 is 63.6. The van der Waals surface area contributed by atoms with Crippen LogP contribution in [0, 0.1) is 0 Å². The fourth-order valence-corrected chi connectivity index (χ4v) is 23.0. The number of fused-ring (bicyclic) bond motifs is 5. The minimum atomic E-state index is -6.09. The van der Waals surface area contributed by atoms with Crippen molar-refractivity contribution in [2.75, 3.05) is 13.3 Å². The molecule has 2 aromatic rings. The first-order chi connectivity index (χ1) is 12.5. The Morgan fingerprint density at radius 2 is 1.37 bits per heavy atom. The summed E-state index contributed by atoms with van der Waals surface area (Å²) in [6.07, 6.45) is 2.35. The second-order valence-corrected chi connectivity index (χ2v) is 22.2. The molecule has 0 radical (unpaired) electrons. The monoisotopic (exact) mass is 535 g/mol. The summed E-state index contributed by atoms with van der Waals surface area (Å²) in [4.78, 5) is 0. The van der Waals surface area contributed by atoms with Crippen molar-refractivity contribution >= 4 is 43.4 Å². The van der Waals surface area contributed by atoms with Gasteiger partial charge in [-0.15, -0.1) is 0 Å². The van der Waals surface area contributed by atoms with Gasteiger partial charge in [0, 0.05) is 0 Å². The van der Waals surface area contributed by atoms with E-state index in [1.165, 1.54) is 15.8 Å². The van der Waals surface area contributed by atoms with Crippen molar-refractivity contribution in [3.05, 3.63) is 59.7 Å². The van der Waals surface area contributed by atoms with Crippen molar-refractivity contribution in [1.82, 2.24) is 0 Å². The summed E-state index contributed by atoms with van der Waals surface area (Å²) in [7, 11) is -1.40. The van der Waals surface area contributed by atoms with Crippen molar-refractivity contribution in [1.29, 1.82) is 0 Å². The smallest absolute Gasteiger partial charge is 0.485 e. The number of nitrogens with zero attached hydrogens (tertiary/aromatic N) is 1. The van der Waals surface area contributed by atoms with Gasteiger partial charge in [0.05, 0.1) is 0 Å². The van der Waals surface area contributed by atoms with Gasteiger partial charge in [-0.05, 0) is 0 Å². The topological polar surface area (TPSA) is 57.2 Å². The zero-order chi connectivity index (χ0) is 20.1. The third-order valence-electron chi connectivity index (χ3n) is 4.70. The molecule has 2 aliphatic rings. The van der Waals surface area contributed by atoms with E-state index in [0.717, 1.165) is 0 Å². The summed E-state index contributed by atoms with van der Waals surface area (Å²) in [6.45, 7) is 2.46. The van der Waals surface area contributed by atoms with E-state index in [-0.39, 0.29) is 0 Å². The molecule has 0 fully saturated rings. The van der Waals surface area contributed by atoms with Crippen LogP contribution in [0.4, 0.5) is 13.2 Å². The predicted octanol–water partition coefficient (Wildman–Crippen LogP) is 2.13. The molecule has 0 saturated heterocycles. The Balaban J connectivity index is 0.000000226. The molecule has 27 heavy (non-hydrogen) atoms. The molecule has 0 unspecified atom stereocenters. The molecule has 2 heterocycles. The van der Waals surface area contributed by atoms with Crippen molar-refractivity contribution in [3.8, 4) is 0 Å². The molecule has 0 aliphatic carbocycles. The van der Waals surface area contributed by atoms with Crippen LogP contribution in [0.2, 0.25) is 0 Å². The van der Waals surface area contributed by atoms with Gasteiger partial charge >= 0.3 is 128 Å². The van der Waals surface area contributed by atoms with Gasteiger partial charge in [-0.2, -0.15) is 13.2 Å². The van der Waals surface area contributed by atoms with Crippen LogP contribution >= 0.6 is 8.99 Å². The maximum Gasteiger partial charge on any atom is 0.485 e. The van der Waals surface area contributed by atoms with Crippen molar-refractivity contribution in [2.24, 2.45) is 0 Å². The molecular weight excluding hydrogens is 515 g/mol. The summed E-state index contributed by atoms with van der Waals surface area (Å²) >= 11 is -2.34. The SMILES string of the molecule is CS[Te]12c3ccccc3C[N+]1(C)Cc1ccccc12.O=S(=O)([O-])C(F)(F)F. The van der Waals surface area contributed by atoms with E-state index in [2.05, 4.69) is 70.8 Å². The average Bonchev–Trinajstić information content (AvgIpc) is 2.96. The Morgan fingerprint density at radius 1 is 1.00 bits per heavy atom. The Kier molecular flexibility index (Phi) is 5.38. The van der Waals surface area contributed by atoms with Gasteiger partial charge < -0.3 is 4.55 Å². The third-order valence-corrected chi connectivity index (χ3v) is 24.7. The van der Waals surface area contributed by atoms with Gasteiger partial charge in [-0.3, -0.25) is 0 Å². The van der Waals surface area contributed by atoms with E-state index in [0.29, 0.717) is 0 Å². The van der Waals surface area contributed by atoms with Crippen LogP contribution in [0.1, 0.15) is 11.1 Å². The Morgan fingerprint density at radius 3 is 1.70 bits per heavy atom. The van der Waals surface area contributed by atoms with E-state index in [4.69, 9.17) is 13.0 Å². The molecule has 148 valence electrons. The second kappa shape index (κ2) is 6.94. The van der Waals surface area contributed by atoms with Gasteiger partial charge in [0.2, 0.25) is 0 Å². The van der Waals surface area contributed by atoms with Crippen LogP contribution in [0.5, 0.6) is 0 Å². The van der Waals surface area contributed by atoms with Crippen molar-refractivity contribution < 1.29 is 28.9 Å². The molecule has 4 rings (SSSR count). The van der Waals surface area contributed by atoms with Crippen molar-refractivity contribution in [3.63, 3.8) is 0 Å². The van der Waals surface area contributed by atoms with Crippen LogP contribution in [-0.2, 0) is 23.2 Å². The molecule has 0 N–H and O–H groups in total. The molecule has 0 amide bonds. The van der Waals surface area contributed by atoms with E-state index in [9.17, 15) is 13.2 Å². The van der Waals surface area contributed by atoms with Crippen LogP contribution < -0.4 is 7.22 Å². The number of hydrogen-bond acceptors (Lipinski definition) is 4. The summed E-state index contributed by atoms with van der Waals surface area (Å²) in [5.41, 5.74) is -2.43. The van der Waals surface area contributed by atoms with Gasteiger partial charge in [0.25, 0.3) is 0 Å². The molecule has 0 spiro atoms. The molecule has 2 aliphatic heterocycles. The number of halogens is 3. The molecule has 2 aromatic carbocycles. The van der Waals surface area contributed by atoms with Gasteiger partial charge in [-0.25, -0.2) is 8.42 Å². The standard InChI is InChI=1S/C16H18NSTe.CHF3O3S/c1-17-11-13-7-3-5-9-15(13)19(17,18-2)16-10-6-4-8-14(16)12-17;2-1(3,4)8(5,6)7/h3-10H,11-12H2,1-2H3;(H,5,6,7)/q+1;/p-1. The van der Waals surface area contributed by atoms with Crippen molar-refractivity contribution in [2.45, 2.75) is 18.6 Å². The average molecular weight is 533 g/mol. The molecule has 4 nitrogen and oxygen atoms in total. The first-order valence-corrected chi connectivity index (χ1v) is 16.7. The fourth-order valence-electron chi connectivity index (χ4n) is 3.72. The van der Waals surface area contributed by atoms with Crippen LogP contribution in [-0.4, -0.2) is 51.6 Å². The van der Waals surface area contributed by atoms with E-state index >= 15 is 0 Å². The third kappa shape index (κ3) is 3.30. The van der Waals surface area contributed by atoms with E-state index < -0.39 is 32.7 Å².